The van der Waals surface area contributed by atoms with Crippen LogP contribution in [-0.2, 0) is 22.4 Å². The Balaban J connectivity index is 1.31. The number of fused-ring (bicyclic) bond motifs is 1. The molecule has 3 aromatic heterocycles. The minimum Gasteiger partial charge on any atom is -0.376 e. The number of carbonyl (C=O) groups excluding carboxylic acids is 1. The third-order valence-electron chi connectivity index (χ3n) is 5.77. The molecule has 8 heteroatoms. The van der Waals surface area contributed by atoms with Crippen molar-refractivity contribution in [1.29, 1.82) is 0 Å². The number of amides is 1. The topological polar surface area (TPSA) is 46.8 Å². The second kappa shape index (κ2) is 9.75. The summed E-state index contributed by atoms with van der Waals surface area (Å²) in [4.78, 5) is 21.9. The monoisotopic (exact) mass is 485 g/mol. The lowest BCUT2D eigenvalue weighted by Crippen LogP contribution is -2.39. The lowest BCUT2D eigenvalue weighted by Gasteiger charge is -2.25. The van der Waals surface area contributed by atoms with Gasteiger partial charge in [-0.25, -0.2) is 4.98 Å². The largest absolute Gasteiger partial charge is 0.376 e. The number of ether oxygens (including phenoxy) is 1. The fraction of sp³-hybridized carbons (Fsp3) is 0.333. The minimum absolute atomic E-state index is 0.148. The van der Waals surface area contributed by atoms with Crippen LogP contribution in [-0.4, -0.2) is 46.0 Å². The average Bonchev–Trinajstić information content (AvgIpc) is 3.57. The van der Waals surface area contributed by atoms with E-state index in [1.165, 1.54) is 5.69 Å². The van der Waals surface area contributed by atoms with Crippen molar-refractivity contribution in [3.05, 3.63) is 68.9 Å². The van der Waals surface area contributed by atoms with Crippen LogP contribution in [0.4, 0.5) is 0 Å². The zero-order valence-corrected chi connectivity index (χ0v) is 20.0. The standard InChI is InChI=1S/C24H24ClN3O2S2/c25-18-7-5-17(6-8-18)22-15-28-19(16-32-24(28)26-22)9-10-27(14-20-3-1-11-30-20)23(29)13-21-4-2-12-31-21/h2,4-8,12,15-16,20H,1,3,9-11,13-14H2. The Bertz CT molecular complexity index is 1180. The van der Waals surface area contributed by atoms with Gasteiger partial charge in [-0.15, -0.1) is 22.7 Å². The zero-order chi connectivity index (χ0) is 21.9. The first kappa shape index (κ1) is 21.6. The molecular formula is C24H24ClN3O2S2. The van der Waals surface area contributed by atoms with Gasteiger partial charge >= 0.3 is 0 Å². The van der Waals surface area contributed by atoms with E-state index in [1.807, 2.05) is 46.7 Å². The second-order valence-corrected chi connectivity index (χ2v) is 10.3. The molecule has 166 valence electrons. The van der Waals surface area contributed by atoms with Crippen molar-refractivity contribution >= 4 is 45.1 Å². The summed E-state index contributed by atoms with van der Waals surface area (Å²) in [5.41, 5.74) is 3.14. The van der Waals surface area contributed by atoms with Crippen molar-refractivity contribution in [2.75, 3.05) is 19.7 Å². The summed E-state index contributed by atoms with van der Waals surface area (Å²) < 4.78 is 7.96. The van der Waals surface area contributed by atoms with Crippen molar-refractivity contribution in [3.63, 3.8) is 0 Å². The van der Waals surface area contributed by atoms with Crippen LogP contribution in [0.25, 0.3) is 16.2 Å². The van der Waals surface area contributed by atoms with Gasteiger partial charge in [0.25, 0.3) is 0 Å². The second-order valence-electron chi connectivity index (χ2n) is 7.99. The van der Waals surface area contributed by atoms with E-state index in [2.05, 4.69) is 16.0 Å². The first-order valence-corrected chi connectivity index (χ1v) is 12.9. The number of carbonyl (C=O) groups is 1. The molecule has 1 unspecified atom stereocenters. The average molecular weight is 486 g/mol. The van der Waals surface area contributed by atoms with Gasteiger partial charge in [-0.05, 0) is 36.4 Å². The van der Waals surface area contributed by atoms with Crippen molar-refractivity contribution in [3.8, 4) is 11.3 Å². The van der Waals surface area contributed by atoms with Crippen molar-refractivity contribution in [2.45, 2.75) is 31.8 Å². The number of hydrogen-bond donors (Lipinski definition) is 0. The molecule has 0 spiro atoms. The van der Waals surface area contributed by atoms with Crippen molar-refractivity contribution in [1.82, 2.24) is 14.3 Å². The molecule has 1 fully saturated rings. The number of benzene rings is 1. The SMILES string of the molecule is O=C(Cc1cccs1)N(CCc1csc2nc(-c3ccc(Cl)cc3)cn12)CC1CCCO1. The molecule has 4 aromatic rings. The van der Waals surface area contributed by atoms with Crippen molar-refractivity contribution in [2.24, 2.45) is 0 Å². The lowest BCUT2D eigenvalue weighted by atomic mass is 10.2. The van der Waals surface area contributed by atoms with E-state index in [4.69, 9.17) is 21.3 Å². The van der Waals surface area contributed by atoms with Gasteiger partial charge in [0.1, 0.15) is 0 Å². The van der Waals surface area contributed by atoms with E-state index in [0.29, 0.717) is 24.5 Å². The summed E-state index contributed by atoms with van der Waals surface area (Å²) >= 11 is 9.28. The maximum absolute atomic E-state index is 13.1. The number of nitrogens with zero attached hydrogens (tertiary/aromatic N) is 3. The highest BCUT2D eigenvalue weighted by Crippen LogP contribution is 2.25. The molecule has 4 heterocycles. The first-order valence-electron chi connectivity index (χ1n) is 10.8. The number of imidazole rings is 1. The van der Waals surface area contributed by atoms with Gasteiger partial charge in [-0.3, -0.25) is 9.20 Å². The number of halogens is 1. The molecule has 1 aliphatic rings. The number of thiophene rings is 1. The van der Waals surface area contributed by atoms with Gasteiger partial charge < -0.3 is 9.64 Å². The molecule has 1 aliphatic heterocycles. The molecule has 1 atom stereocenters. The Labute approximate surface area is 200 Å². The molecule has 0 saturated carbocycles. The zero-order valence-electron chi connectivity index (χ0n) is 17.6. The highest BCUT2D eigenvalue weighted by molar-refractivity contribution is 7.15. The number of thiazole rings is 1. The summed E-state index contributed by atoms with van der Waals surface area (Å²) in [7, 11) is 0. The summed E-state index contributed by atoms with van der Waals surface area (Å²) in [6.45, 7) is 2.13. The Hall–Kier alpha value is -2.19. The molecule has 0 bridgehead atoms. The van der Waals surface area contributed by atoms with Gasteiger partial charge in [0.05, 0.1) is 18.2 Å². The van der Waals surface area contributed by atoms with Crippen LogP contribution in [0.5, 0.6) is 0 Å². The van der Waals surface area contributed by atoms with Crippen LogP contribution in [0.2, 0.25) is 5.02 Å². The van der Waals surface area contributed by atoms with E-state index < -0.39 is 0 Å². The molecule has 1 saturated heterocycles. The fourth-order valence-electron chi connectivity index (χ4n) is 4.04. The van der Waals surface area contributed by atoms with E-state index in [1.54, 1.807) is 22.7 Å². The maximum Gasteiger partial charge on any atom is 0.227 e. The normalized spacial score (nSPS) is 16.1. The summed E-state index contributed by atoms with van der Waals surface area (Å²) in [6, 6.07) is 11.8. The number of rotatable bonds is 8. The maximum atomic E-state index is 13.1. The molecule has 5 rings (SSSR count). The van der Waals surface area contributed by atoms with Crippen LogP contribution < -0.4 is 0 Å². The summed E-state index contributed by atoms with van der Waals surface area (Å²) in [6.07, 6.45) is 5.55. The van der Waals surface area contributed by atoms with Crippen LogP contribution >= 0.6 is 34.3 Å². The van der Waals surface area contributed by atoms with Gasteiger partial charge in [0.2, 0.25) is 5.91 Å². The first-order chi connectivity index (χ1) is 15.7. The third kappa shape index (κ3) is 4.91. The number of aromatic nitrogens is 2. The van der Waals surface area contributed by atoms with E-state index in [-0.39, 0.29) is 12.0 Å². The number of hydrogen-bond acceptors (Lipinski definition) is 5. The van der Waals surface area contributed by atoms with Crippen LogP contribution in [0.3, 0.4) is 0 Å². The van der Waals surface area contributed by atoms with Crippen LogP contribution in [0.1, 0.15) is 23.4 Å². The van der Waals surface area contributed by atoms with E-state index >= 15 is 0 Å². The predicted molar refractivity (Wildman–Crippen MR) is 131 cm³/mol. The molecule has 1 amide bonds. The van der Waals surface area contributed by atoms with E-state index in [0.717, 1.165) is 47.0 Å². The molecular weight excluding hydrogens is 462 g/mol. The lowest BCUT2D eigenvalue weighted by molar-refractivity contribution is -0.132. The fourth-order valence-corrected chi connectivity index (χ4v) is 5.77. The molecule has 32 heavy (non-hydrogen) atoms. The Morgan fingerprint density at radius 2 is 2.12 bits per heavy atom. The Morgan fingerprint density at radius 1 is 1.25 bits per heavy atom. The molecule has 0 radical (unpaired) electrons. The molecule has 0 aliphatic carbocycles. The van der Waals surface area contributed by atoms with Crippen LogP contribution in [0, 0.1) is 0 Å². The Kier molecular flexibility index (Phi) is 6.59. The third-order valence-corrected chi connectivity index (χ3v) is 7.78. The van der Waals surface area contributed by atoms with Gasteiger partial charge in [-0.2, -0.15) is 0 Å². The smallest absolute Gasteiger partial charge is 0.227 e. The highest BCUT2D eigenvalue weighted by Gasteiger charge is 2.23. The van der Waals surface area contributed by atoms with Gasteiger partial charge in [0, 0.05) is 58.9 Å². The van der Waals surface area contributed by atoms with E-state index in [9.17, 15) is 4.79 Å². The van der Waals surface area contributed by atoms with Gasteiger partial charge in [0.15, 0.2) is 4.96 Å². The van der Waals surface area contributed by atoms with Crippen LogP contribution in [0.15, 0.2) is 53.4 Å². The predicted octanol–water partition coefficient (Wildman–Crippen LogP) is 5.57. The van der Waals surface area contributed by atoms with Gasteiger partial charge in [-0.1, -0.05) is 29.8 Å². The quantitative estimate of drug-likeness (QED) is 0.328. The summed E-state index contributed by atoms with van der Waals surface area (Å²) in [5.74, 6) is 0.168. The van der Waals surface area contributed by atoms with Crippen molar-refractivity contribution < 1.29 is 9.53 Å². The molecule has 1 aromatic carbocycles. The minimum atomic E-state index is 0.148. The Morgan fingerprint density at radius 3 is 2.88 bits per heavy atom. The summed E-state index contributed by atoms with van der Waals surface area (Å²) in [5, 5.41) is 4.88. The molecule has 0 N–H and O–H groups in total. The highest BCUT2D eigenvalue weighted by atomic mass is 35.5. The molecule has 5 nitrogen and oxygen atoms in total.